The van der Waals surface area contributed by atoms with Crippen molar-refractivity contribution in [2.45, 2.75) is 73.0 Å². The molecule has 0 aliphatic rings. The third-order valence-electron chi connectivity index (χ3n) is 6.72. The fourth-order valence-corrected chi connectivity index (χ4v) is 12.1. The minimum atomic E-state index is -1.87. The number of para-hydroxylation sites is 1. The van der Waals surface area contributed by atoms with Gasteiger partial charge in [0, 0.05) is 5.69 Å². The summed E-state index contributed by atoms with van der Waals surface area (Å²) in [6.45, 7) is 21.4. The molecule has 36 heavy (non-hydrogen) atoms. The Labute approximate surface area is 223 Å². The van der Waals surface area contributed by atoms with Gasteiger partial charge in [0.15, 0.2) is 0 Å². The van der Waals surface area contributed by atoms with E-state index in [0.717, 1.165) is 0 Å². The molecular formula is C33H44NSi2. The second-order valence-corrected chi connectivity index (χ2v) is 18.5. The molecule has 0 unspecified atom stereocenters. The maximum Gasteiger partial charge on any atom is 0.234 e. The van der Waals surface area contributed by atoms with Gasteiger partial charge >= 0.3 is 0 Å². The number of hydrogen-bond acceptors (Lipinski definition) is 1. The van der Waals surface area contributed by atoms with Crippen LogP contribution in [0.15, 0.2) is 91.0 Å². The lowest BCUT2D eigenvalue weighted by Gasteiger charge is -2.46. The molecule has 0 atom stereocenters. The molecule has 0 aliphatic carbocycles. The largest absolute Gasteiger partial charge is 0.417 e. The summed E-state index contributed by atoms with van der Waals surface area (Å²) in [5.41, 5.74) is 7.10. The number of nitrogens with zero attached hydrogens (tertiary/aromatic N) is 1. The predicted octanol–water partition coefficient (Wildman–Crippen LogP) is 9.85. The zero-order valence-corrected chi connectivity index (χ0v) is 25.8. The van der Waals surface area contributed by atoms with Gasteiger partial charge in [0.2, 0.25) is 8.96 Å². The van der Waals surface area contributed by atoms with Crippen molar-refractivity contribution in [2.24, 2.45) is 0 Å². The van der Waals surface area contributed by atoms with Gasteiger partial charge in [0.25, 0.3) is 0 Å². The average molecular weight is 511 g/mol. The fourth-order valence-electron chi connectivity index (χ4n) is 5.05. The van der Waals surface area contributed by atoms with E-state index in [2.05, 4.69) is 156 Å². The fraction of sp³-hybridized carbons (Fsp3) is 0.333. The first-order chi connectivity index (χ1) is 17.1. The van der Waals surface area contributed by atoms with Gasteiger partial charge in [-0.15, -0.1) is 0 Å². The topological polar surface area (TPSA) is 3.24 Å². The molecule has 0 aromatic heterocycles. The van der Waals surface area contributed by atoms with Gasteiger partial charge in [0.1, 0.15) is 8.24 Å². The van der Waals surface area contributed by atoms with E-state index in [1.165, 1.54) is 38.3 Å². The van der Waals surface area contributed by atoms with Crippen molar-refractivity contribution in [2.75, 3.05) is 4.23 Å². The lowest BCUT2D eigenvalue weighted by atomic mass is 9.93. The van der Waals surface area contributed by atoms with Crippen molar-refractivity contribution in [3.05, 3.63) is 113 Å². The smallest absolute Gasteiger partial charge is 0.234 e. The molecule has 1 radical (unpaired) electrons. The summed E-state index contributed by atoms with van der Waals surface area (Å²) in [6, 6.07) is 29.1. The second kappa shape index (κ2) is 12.1. The normalized spacial score (nSPS) is 13.1. The van der Waals surface area contributed by atoms with Gasteiger partial charge in [-0.25, -0.2) is 0 Å². The van der Waals surface area contributed by atoms with Crippen LogP contribution in [-0.4, -0.2) is 17.2 Å². The Morgan fingerprint density at radius 2 is 1.03 bits per heavy atom. The van der Waals surface area contributed by atoms with E-state index >= 15 is 0 Å². The molecule has 0 saturated heterocycles. The van der Waals surface area contributed by atoms with Crippen LogP contribution >= 0.6 is 0 Å². The Hall–Kier alpha value is -2.63. The summed E-state index contributed by atoms with van der Waals surface area (Å²) in [7, 11) is -3.24. The van der Waals surface area contributed by atoms with Crippen molar-refractivity contribution in [3.63, 3.8) is 0 Å². The van der Waals surface area contributed by atoms with Crippen LogP contribution in [0.5, 0.6) is 0 Å². The molecule has 3 rings (SSSR count). The second-order valence-electron chi connectivity index (χ2n) is 11.1. The molecule has 0 fully saturated rings. The number of hydrogen-bond donors (Lipinski definition) is 0. The molecule has 0 saturated carbocycles. The van der Waals surface area contributed by atoms with Crippen LogP contribution in [0.2, 0.25) is 19.6 Å². The van der Waals surface area contributed by atoms with Gasteiger partial charge in [-0.2, -0.15) is 0 Å². The van der Waals surface area contributed by atoms with Gasteiger partial charge in [-0.3, -0.25) is 0 Å². The molecule has 1 nitrogen and oxygen atoms in total. The first-order valence-electron chi connectivity index (χ1n) is 13.4. The third kappa shape index (κ3) is 6.01. The Morgan fingerprint density at radius 3 is 1.33 bits per heavy atom. The minimum absolute atomic E-state index is 0.456. The highest BCUT2D eigenvalue weighted by Crippen LogP contribution is 2.43. The molecule has 0 N–H and O–H groups in total. The first kappa shape index (κ1) is 28.0. The first-order valence-corrected chi connectivity index (χ1v) is 18.2. The van der Waals surface area contributed by atoms with E-state index < -0.39 is 17.2 Å². The number of anilines is 1. The maximum absolute atomic E-state index is 2.95. The Bertz CT molecular complexity index is 1100. The van der Waals surface area contributed by atoms with Crippen LogP contribution in [-0.2, 0) is 0 Å². The van der Waals surface area contributed by atoms with Crippen molar-refractivity contribution in [1.29, 1.82) is 0 Å². The van der Waals surface area contributed by atoms with Crippen LogP contribution in [0, 0.1) is 0 Å². The van der Waals surface area contributed by atoms with Crippen LogP contribution < -0.4 is 4.23 Å². The van der Waals surface area contributed by atoms with E-state index in [1.807, 2.05) is 0 Å². The molecule has 0 spiro atoms. The molecule has 3 aromatic carbocycles. The highest BCUT2D eigenvalue weighted by Gasteiger charge is 2.40. The Balaban J connectivity index is 2.45. The predicted molar refractivity (Wildman–Crippen MR) is 166 cm³/mol. The van der Waals surface area contributed by atoms with E-state index in [0.29, 0.717) is 11.8 Å². The highest BCUT2D eigenvalue weighted by atomic mass is 28.4. The molecule has 0 aliphatic heterocycles. The monoisotopic (exact) mass is 510 g/mol. The van der Waals surface area contributed by atoms with Crippen LogP contribution in [0.25, 0.3) is 10.4 Å². The van der Waals surface area contributed by atoms with Crippen LogP contribution in [0.1, 0.15) is 75.6 Å². The molecule has 0 amide bonds. The number of allylic oxidation sites excluding steroid dienone is 2. The summed E-state index contributed by atoms with van der Waals surface area (Å²) < 4.78 is 2.95. The Kier molecular flexibility index (Phi) is 9.37. The van der Waals surface area contributed by atoms with Crippen molar-refractivity contribution in [1.82, 2.24) is 0 Å². The van der Waals surface area contributed by atoms with Gasteiger partial charge in [-0.1, -0.05) is 138 Å². The van der Waals surface area contributed by atoms with Gasteiger partial charge < -0.3 is 4.23 Å². The zero-order valence-electron chi connectivity index (χ0n) is 23.8. The molecule has 3 heteroatoms. The number of benzene rings is 3. The molecule has 0 bridgehead atoms. The molecule has 189 valence electrons. The van der Waals surface area contributed by atoms with E-state index in [1.54, 1.807) is 0 Å². The maximum atomic E-state index is 2.95. The van der Waals surface area contributed by atoms with Gasteiger partial charge in [-0.05, 0) is 58.3 Å². The average Bonchev–Trinajstić information content (AvgIpc) is 2.85. The third-order valence-corrected chi connectivity index (χ3v) is 13.8. The summed E-state index contributed by atoms with van der Waals surface area (Å²) in [5.74, 6) is 0.912. The molecule has 3 aromatic rings. The van der Waals surface area contributed by atoms with E-state index in [9.17, 15) is 0 Å². The van der Waals surface area contributed by atoms with Crippen molar-refractivity contribution < 1.29 is 0 Å². The minimum Gasteiger partial charge on any atom is -0.417 e. The molecule has 0 heterocycles. The summed E-state index contributed by atoms with van der Waals surface area (Å²) >= 11 is 0. The van der Waals surface area contributed by atoms with Crippen LogP contribution in [0.4, 0.5) is 5.69 Å². The molecular weight excluding hydrogens is 467 g/mol. The zero-order chi connectivity index (χ0) is 26.5. The quantitative estimate of drug-likeness (QED) is 0.259. The SMILES string of the molecule is CC=C(c1ccccc1)[Si](/C(=C\C)c1ccccc1)N(c1c(C(C)C)cccc1C(C)C)[Si](C)(C)C. The van der Waals surface area contributed by atoms with E-state index in [-0.39, 0.29) is 0 Å². The lowest BCUT2D eigenvalue weighted by Crippen LogP contribution is -2.57. The summed E-state index contributed by atoms with van der Waals surface area (Å²) in [5, 5.41) is 2.93. The van der Waals surface area contributed by atoms with E-state index in [4.69, 9.17) is 0 Å². The highest BCUT2D eigenvalue weighted by molar-refractivity contribution is 7.07. The number of rotatable bonds is 9. The van der Waals surface area contributed by atoms with Gasteiger partial charge in [0.05, 0.1) is 0 Å². The van der Waals surface area contributed by atoms with Crippen molar-refractivity contribution in [3.8, 4) is 0 Å². The van der Waals surface area contributed by atoms with Crippen molar-refractivity contribution >= 4 is 33.3 Å². The van der Waals surface area contributed by atoms with Crippen LogP contribution in [0.3, 0.4) is 0 Å². The Morgan fingerprint density at radius 1 is 0.639 bits per heavy atom. The lowest BCUT2D eigenvalue weighted by molar-refractivity contribution is 0.835. The standard InChI is InChI=1S/C33H44NSi2/c1-10-31(27-19-14-12-15-20-27)35(32(11-2)28-21-16-13-17-22-28)34(36(7,8)9)33-29(25(3)4)23-18-24-30(33)26(5)6/h10-26H,1-9H3/b31-10-,32-11?. The summed E-state index contributed by atoms with van der Waals surface area (Å²) in [4.78, 5) is 0. The summed E-state index contributed by atoms with van der Waals surface area (Å²) in [6.07, 6.45) is 4.77.